The molecule has 0 saturated carbocycles. The van der Waals surface area contributed by atoms with Crippen molar-refractivity contribution in [3.05, 3.63) is 0 Å². The Kier molecular flexibility index (Phi) is 5.52. The number of halogens is 1. The average Bonchev–Trinajstić information content (AvgIpc) is 2.67. The van der Waals surface area contributed by atoms with E-state index in [0.29, 0.717) is 5.91 Å². The number of hydrogen-bond donors (Lipinski definition) is 1. The van der Waals surface area contributed by atoms with E-state index in [2.05, 4.69) is 22.2 Å². The summed E-state index contributed by atoms with van der Waals surface area (Å²) in [4.78, 5) is 16.5. The van der Waals surface area contributed by atoms with Gasteiger partial charge in [-0.2, -0.15) is 0 Å². The molecule has 5 heteroatoms. The molecule has 0 aliphatic carbocycles. The van der Waals surface area contributed by atoms with Gasteiger partial charge in [-0.1, -0.05) is 0 Å². The fraction of sp³-hybridized carbons (Fsp3) is 0.909. The van der Waals surface area contributed by atoms with Gasteiger partial charge in [0.1, 0.15) is 0 Å². The van der Waals surface area contributed by atoms with Gasteiger partial charge in [0.05, 0.1) is 5.92 Å². The minimum atomic E-state index is 0. The van der Waals surface area contributed by atoms with E-state index in [1.165, 1.54) is 0 Å². The van der Waals surface area contributed by atoms with Crippen LogP contribution in [0.2, 0.25) is 0 Å². The highest BCUT2D eigenvalue weighted by Crippen LogP contribution is 2.13. The molecule has 1 atom stereocenters. The summed E-state index contributed by atoms with van der Waals surface area (Å²) in [5, 5.41) is 3.26. The van der Waals surface area contributed by atoms with Gasteiger partial charge in [0, 0.05) is 26.2 Å². The molecule has 0 bridgehead atoms. The average molecular weight is 248 g/mol. The first-order valence-electron chi connectivity index (χ1n) is 5.95. The van der Waals surface area contributed by atoms with Gasteiger partial charge in [0.2, 0.25) is 5.91 Å². The third kappa shape index (κ3) is 3.34. The molecular weight excluding hydrogens is 226 g/mol. The molecule has 0 aromatic heterocycles. The van der Waals surface area contributed by atoms with Crippen molar-refractivity contribution in [1.82, 2.24) is 15.1 Å². The Labute approximate surface area is 104 Å². The lowest BCUT2D eigenvalue weighted by molar-refractivity contribution is -0.134. The van der Waals surface area contributed by atoms with Gasteiger partial charge in [-0.3, -0.25) is 4.79 Å². The van der Waals surface area contributed by atoms with Gasteiger partial charge in [0.25, 0.3) is 0 Å². The Balaban J connectivity index is 0.00000128. The molecule has 2 saturated heterocycles. The van der Waals surface area contributed by atoms with Crippen LogP contribution in [0.1, 0.15) is 12.8 Å². The van der Waals surface area contributed by atoms with Crippen molar-refractivity contribution in [2.45, 2.75) is 12.8 Å². The Bertz CT molecular complexity index is 231. The summed E-state index contributed by atoms with van der Waals surface area (Å²) in [5.74, 6) is 0.615. The van der Waals surface area contributed by atoms with Crippen LogP contribution in [0.3, 0.4) is 0 Å². The van der Waals surface area contributed by atoms with Crippen LogP contribution in [0, 0.1) is 5.92 Å². The summed E-state index contributed by atoms with van der Waals surface area (Å²) in [6.45, 7) is 5.87. The molecule has 2 heterocycles. The molecule has 1 N–H and O–H groups in total. The number of nitrogens with zero attached hydrogens (tertiary/aromatic N) is 2. The highest BCUT2D eigenvalue weighted by Gasteiger charge is 2.27. The second-order valence-corrected chi connectivity index (χ2v) is 4.67. The van der Waals surface area contributed by atoms with Crippen molar-refractivity contribution in [1.29, 1.82) is 0 Å². The first kappa shape index (κ1) is 13.7. The van der Waals surface area contributed by atoms with Gasteiger partial charge >= 0.3 is 0 Å². The Hall–Kier alpha value is -0.320. The van der Waals surface area contributed by atoms with E-state index in [-0.39, 0.29) is 18.3 Å². The molecular formula is C11H22ClN3O. The van der Waals surface area contributed by atoms with E-state index < -0.39 is 0 Å². The molecule has 1 amide bonds. The first-order valence-corrected chi connectivity index (χ1v) is 5.95. The van der Waals surface area contributed by atoms with Crippen LogP contribution in [0.5, 0.6) is 0 Å². The van der Waals surface area contributed by atoms with Crippen LogP contribution in [-0.4, -0.2) is 62.0 Å². The highest BCUT2D eigenvalue weighted by atomic mass is 35.5. The zero-order chi connectivity index (χ0) is 10.7. The van der Waals surface area contributed by atoms with Gasteiger partial charge in [-0.15, -0.1) is 12.4 Å². The maximum Gasteiger partial charge on any atom is 0.227 e. The number of likely N-dealkylation sites (N-methyl/N-ethyl adjacent to an activating group) is 1. The number of nitrogens with one attached hydrogen (secondary N) is 1. The molecule has 2 aliphatic heterocycles. The van der Waals surface area contributed by atoms with Crippen LogP contribution in [-0.2, 0) is 4.79 Å². The van der Waals surface area contributed by atoms with E-state index in [1.54, 1.807) is 0 Å². The third-order valence-electron chi connectivity index (χ3n) is 3.44. The second-order valence-electron chi connectivity index (χ2n) is 4.67. The zero-order valence-electron chi connectivity index (χ0n) is 9.95. The molecule has 16 heavy (non-hydrogen) atoms. The number of rotatable bonds is 1. The Morgan fingerprint density at radius 1 is 1.25 bits per heavy atom. The molecule has 94 valence electrons. The maximum absolute atomic E-state index is 12.1. The summed E-state index contributed by atoms with van der Waals surface area (Å²) < 4.78 is 0. The quantitative estimate of drug-likeness (QED) is 0.718. The predicted octanol–water partition coefficient (Wildman–Crippen LogP) is 0.182. The molecule has 2 rings (SSSR count). The lowest BCUT2D eigenvalue weighted by atomic mass is 10.1. The fourth-order valence-corrected chi connectivity index (χ4v) is 2.39. The second kappa shape index (κ2) is 6.42. The Morgan fingerprint density at radius 3 is 2.75 bits per heavy atom. The van der Waals surface area contributed by atoms with E-state index in [0.717, 1.165) is 52.1 Å². The topological polar surface area (TPSA) is 35.6 Å². The van der Waals surface area contributed by atoms with Gasteiger partial charge in [-0.25, -0.2) is 0 Å². The maximum atomic E-state index is 12.1. The minimum absolute atomic E-state index is 0. The normalized spacial score (nSPS) is 27.3. The van der Waals surface area contributed by atoms with Crippen molar-refractivity contribution < 1.29 is 4.79 Å². The molecule has 0 aromatic carbocycles. The van der Waals surface area contributed by atoms with Crippen LogP contribution in [0.15, 0.2) is 0 Å². The van der Waals surface area contributed by atoms with Crippen LogP contribution >= 0.6 is 12.4 Å². The minimum Gasteiger partial charge on any atom is -0.341 e. The molecule has 4 nitrogen and oxygen atoms in total. The van der Waals surface area contributed by atoms with Crippen molar-refractivity contribution in [3.63, 3.8) is 0 Å². The van der Waals surface area contributed by atoms with Crippen LogP contribution in [0.25, 0.3) is 0 Å². The van der Waals surface area contributed by atoms with Crippen LogP contribution in [0.4, 0.5) is 0 Å². The largest absolute Gasteiger partial charge is 0.341 e. The SMILES string of the molecule is CN1CCCN(C(=O)C2CCNC2)CC1.Cl. The lowest BCUT2D eigenvalue weighted by Gasteiger charge is -2.23. The standard InChI is InChI=1S/C11H21N3O.ClH/c1-13-5-2-6-14(8-7-13)11(15)10-3-4-12-9-10;/h10,12H,2-9H2,1H3;1H. The zero-order valence-corrected chi connectivity index (χ0v) is 10.8. The molecule has 0 radical (unpaired) electrons. The van der Waals surface area contributed by atoms with Gasteiger partial charge < -0.3 is 15.1 Å². The van der Waals surface area contributed by atoms with Crippen molar-refractivity contribution in [3.8, 4) is 0 Å². The molecule has 1 unspecified atom stereocenters. The smallest absolute Gasteiger partial charge is 0.227 e. The van der Waals surface area contributed by atoms with Gasteiger partial charge in [-0.05, 0) is 33.0 Å². The monoisotopic (exact) mass is 247 g/mol. The Morgan fingerprint density at radius 2 is 2.06 bits per heavy atom. The number of carbonyl (C=O) groups is 1. The third-order valence-corrected chi connectivity index (χ3v) is 3.44. The summed E-state index contributed by atoms with van der Waals surface area (Å²) in [6, 6.07) is 0. The van der Waals surface area contributed by atoms with Crippen molar-refractivity contribution in [2.75, 3.05) is 46.3 Å². The molecule has 0 spiro atoms. The predicted molar refractivity (Wildman–Crippen MR) is 66.9 cm³/mol. The lowest BCUT2D eigenvalue weighted by Crippen LogP contribution is -2.39. The van der Waals surface area contributed by atoms with Crippen molar-refractivity contribution in [2.24, 2.45) is 5.92 Å². The van der Waals surface area contributed by atoms with E-state index in [9.17, 15) is 4.79 Å². The van der Waals surface area contributed by atoms with Crippen molar-refractivity contribution >= 4 is 18.3 Å². The van der Waals surface area contributed by atoms with E-state index in [1.807, 2.05) is 0 Å². The fourth-order valence-electron chi connectivity index (χ4n) is 2.39. The highest BCUT2D eigenvalue weighted by molar-refractivity contribution is 5.85. The first-order chi connectivity index (χ1) is 7.27. The summed E-state index contributed by atoms with van der Waals surface area (Å²) in [5.41, 5.74) is 0. The van der Waals surface area contributed by atoms with Gasteiger partial charge in [0.15, 0.2) is 0 Å². The summed E-state index contributed by atoms with van der Waals surface area (Å²) in [7, 11) is 2.13. The summed E-state index contributed by atoms with van der Waals surface area (Å²) >= 11 is 0. The van der Waals surface area contributed by atoms with E-state index in [4.69, 9.17) is 0 Å². The van der Waals surface area contributed by atoms with Crippen LogP contribution < -0.4 is 5.32 Å². The summed E-state index contributed by atoms with van der Waals surface area (Å²) in [6.07, 6.45) is 2.13. The number of carbonyl (C=O) groups excluding carboxylic acids is 1. The molecule has 2 fully saturated rings. The molecule has 2 aliphatic rings. The number of hydrogen-bond acceptors (Lipinski definition) is 3. The molecule has 0 aromatic rings. The number of amides is 1. The van der Waals surface area contributed by atoms with E-state index >= 15 is 0 Å².